The summed E-state index contributed by atoms with van der Waals surface area (Å²) in [5.41, 5.74) is 0.0764. The van der Waals surface area contributed by atoms with Crippen LogP contribution in [-0.4, -0.2) is 47.3 Å². The third-order valence-corrected chi connectivity index (χ3v) is 4.05. The maximum absolute atomic E-state index is 10.9. The first-order chi connectivity index (χ1) is 7.63. The van der Waals surface area contributed by atoms with Crippen molar-refractivity contribution in [3.8, 4) is 0 Å². The van der Waals surface area contributed by atoms with Gasteiger partial charge in [-0.05, 0) is 39.0 Å². The third kappa shape index (κ3) is 2.38. The molecule has 4 nitrogen and oxygen atoms in total. The highest BCUT2D eigenvalue weighted by atomic mass is 16.5. The van der Waals surface area contributed by atoms with Gasteiger partial charge in [-0.2, -0.15) is 0 Å². The topological polar surface area (TPSA) is 49.8 Å². The fourth-order valence-corrected chi connectivity index (χ4v) is 2.78. The average molecular weight is 227 g/mol. The fraction of sp³-hybridized carbons (Fsp3) is 0.917. The summed E-state index contributed by atoms with van der Waals surface area (Å²) in [6, 6.07) is -0.360. The molecular weight excluding hydrogens is 206 g/mol. The first-order valence-corrected chi connectivity index (χ1v) is 6.24. The van der Waals surface area contributed by atoms with Gasteiger partial charge in [-0.15, -0.1) is 0 Å². The molecule has 1 N–H and O–H groups in total. The summed E-state index contributed by atoms with van der Waals surface area (Å²) in [6.45, 7) is 4.36. The number of rotatable bonds is 2. The summed E-state index contributed by atoms with van der Waals surface area (Å²) < 4.78 is 5.92. The Hall–Kier alpha value is -0.610. The van der Waals surface area contributed by atoms with E-state index in [1.165, 1.54) is 12.8 Å². The summed E-state index contributed by atoms with van der Waals surface area (Å²) >= 11 is 0. The van der Waals surface area contributed by atoms with Crippen molar-refractivity contribution in [2.45, 2.75) is 50.7 Å². The highest BCUT2D eigenvalue weighted by Crippen LogP contribution is 2.35. The van der Waals surface area contributed by atoms with Gasteiger partial charge in [0, 0.05) is 19.7 Å². The quantitative estimate of drug-likeness (QED) is 0.776. The van der Waals surface area contributed by atoms with Gasteiger partial charge >= 0.3 is 5.97 Å². The Bertz CT molecular complexity index is 251. The van der Waals surface area contributed by atoms with Crippen LogP contribution in [0.5, 0.6) is 0 Å². The smallest absolute Gasteiger partial charge is 0.320 e. The molecule has 0 aromatic rings. The summed E-state index contributed by atoms with van der Waals surface area (Å²) in [4.78, 5) is 12.9. The number of hydrogen-bond acceptors (Lipinski definition) is 3. The van der Waals surface area contributed by atoms with Crippen LogP contribution in [0.15, 0.2) is 0 Å². The zero-order valence-electron chi connectivity index (χ0n) is 9.95. The molecule has 92 valence electrons. The molecule has 0 aliphatic carbocycles. The van der Waals surface area contributed by atoms with E-state index in [1.54, 1.807) is 6.92 Å². The van der Waals surface area contributed by atoms with Crippen molar-refractivity contribution in [1.29, 1.82) is 0 Å². The number of piperidine rings is 1. The first kappa shape index (κ1) is 11.9. The molecule has 1 spiro atoms. The maximum Gasteiger partial charge on any atom is 0.320 e. The van der Waals surface area contributed by atoms with Crippen LogP contribution in [-0.2, 0) is 9.53 Å². The van der Waals surface area contributed by atoms with E-state index in [4.69, 9.17) is 9.84 Å². The third-order valence-electron chi connectivity index (χ3n) is 4.05. The average Bonchev–Trinajstić information content (AvgIpc) is 2.30. The molecule has 2 aliphatic rings. The maximum atomic E-state index is 10.9. The van der Waals surface area contributed by atoms with Gasteiger partial charge in [0.15, 0.2) is 0 Å². The lowest BCUT2D eigenvalue weighted by atomic mass is 9.84. The number of aliphatic carboxylic acids is 1. The van der Waals surface area contributed by atoms with Crippen molar-refractivity contribution in [2.24, 2.45) is 0 Å². The van der Waals surface area contributed by atoms with Gasteiger partial charge in [0.2, 0.25) is 0 Å². The fourth-order valence-electron chi connectivity index (χ4n) is 2.78. The highest BCUT2D eigenvalue weighted by Gasteiger charge is 2.38. The second-order valence-corrected chi connectivity index (χ2v) is 5.04. The zero-order chi connectivity index (χ0) is 11.6. The van der Waals surface area contributed by atoms with Gasteiger partial charge in [-0.3, -0.25) is 9.69 Å². The van der Waals surface area contributed by atoms with Crippen molar-refractivity contribution in [3.63, 3.8) is 0 Å². The van der Waals surface area contributed by atoms with E-state index in [1.807, 2.05) is 4.90 Å². The van der Waals surface area contributed by atoms with Crippen molar-refractivity contribution < 1.29 is 14.6 Å². The Kier molecular flexibility index (Phi) is 3.50. The predicted molar refractivity (Wildman–Crippen MR) is 60.4 cm³/mol. The standard InChI is InChI=1S/C12H21NO3/c1-10(11(14)15)13-7-5-12(6-8-13)4-2-3-9-16-12/h10H,2-9H2,1H3,(H,14,15)/t10-/m0/s1. The van der Waals surface area contributed by atoms with Crippen LogP contribution < -0.4 is 0 Å². The molecule has 0 unspecified atom stereocenters. The molecule has 0 saturated carbocycles. The molecule has 2 rings (SSSR count). The Balaban J connectivity index is 1.88. The van der Waals surface area contributed by atoms with Crippen molar-refractivity contribution in [1.82, 2.24) is 4.90 Å². The van der Waals surface area contributed by atoms with Crippen molar-refractivity contribution >= 4 is 5.97 Å². The Morgan fingerprint density at radius 1 is 1.31 bits per heavy atom. The number of hydrogen-bond donors (Lipinski definition) is 1. The Morgan fingerprint density at radius 2 is 2.00 bits per heavy atom. The molecule has 0 radical (unpaired) electrons. The van der Waals surface area contributed by atoms with Crippen LogP contribution in [0.1, 0.15) is 39.0 Å². The largest absolute Gasteiger partial charge is 0.480 e. The lowest BCUT2D eigenvalue weighted by Crippen LogP contribution is -2.51. The second kappa shape index (κ2) is 4.72. The van der Waals surface area contributed by atoms with Gasteiger partial charge in [-0.1, -0.05) is 0 Å². The summed E-state index contributed by atoms with van der Waals surface area (Å²) in [5.74, 6) is -0.722. The van der Waals surface area contributed by atoms with Gasteiger partial charge < -0.3 is 9.84 Å². The predicted octanol–water partition coefficient (Wildman–Crippen LogP) is 1.49. The molecule has 0 bridgehead atoms. The van der Waals surface area contributed by atoms with Crippen LogP contribution in [0.4, 0.5) is 0 Å². The van der Waals surface area contributed by atoms with Crippen LogP contribution in [0.25, 0.3) is 0 Å². The zero-order valence-corrected chi connectivity index (χ0v) is 9.95. The van der Waals surface area contributed by atoms with Crippen LogP contribution in [0, 0.1) is 0 Å². The van der Waals surface area contributed by atoms with E-state index in [0.717, 1.165) is 39.0 Å². The summed E-state index contributed by atoms with van der Waals surface area (Å²) in [5, 5.41) is 8.96. The van der Waals surface area contributed by atoms with E-state index >= 15 is 0 Å². The van der Waals surface area contributed by atoms with Gasteiger partial charge in [0.1, 0.15) is 6.04 Å². The van der Waals surface area contributed by atoms with Gasteiger partial charge in [0.25, 0.3) is 0 Å². The molecule has 2 fully saturated rings. The second-order valence-electron chi connectivity index (χ2n) is 5.04. The molecule has 2 heterocycles. The number of likely N-dealkylation sites (tertiary alicyclic amines) is 1. The van der Waals surface area contributed by atoms with Crippen LogP contribution >= 0.6 is 0 Å². The molecule has 0 amide bonds. The van der Waals surface area contributed by atoms with E-state index in [-0.39, 0.29) is 11.6 Å². The molecule has 0 aromatic heterocycles. The van der Waals surface area contributed by atoms with E-state index in [9.17, 15) is 4.79 Å². The molecule has 2 saturated heterocycles. The molecule has 1 atom stereocenters. The van der Waals surface area contributed by atoms with Gasteiger partial charge in [-0.25, -0.2) is 0 Å². The monoisotopic (exact) mass is 227 g/mol. The van der Waals surface area contributed by atoms with Crippen LogP contribution in [0.3, 0.4) is 0 Å². The summed E-state index contributed by atoms with van der Waals surface area (Å²) in [7, 11) is 0. The molecule has 16 heavy (non-hydrogen) atoms. The number of nitrogens with zero attached hydrogens (tertiary/aromatic N) is 1. The van der Waals surface area contributed by atoms with Crippen molar-refractivity contribution in [2.75, 3.05) is 19.7 Å². The minimum absolute atomic E-state index is 0.0764. The van der Waals surface area contributed by atoms with E-state index in [2.05, 4.69) is 0 Å². The number of carboxylic acids is 1. The number of carboxylic acid groups (broad SMARTS) is 1. The van der Waals surface area contributed by atoms with E-state index in [0.29, 0.717) is 0 Å². The summed E-state index contributed by atoms with van der Waals surface area (Å²) in [6.07, 6.45) is 5.57. The molecular formula is C12H21NO3. The molecule has 4 heteroatoms. The minimum atomic E-state index is -0.722. The lowest BCUT2D eigenvalue weighted by molar-refractivity contribution is -0.148. The lowest BCUT2D eigenvalue weighted by Gasteiger charge is -2.44. The van der Waals surface area contributed by atoms with Crippen molar-refractivity contribution in [3.05, 3.63) is 0 Å². The normalized spacial score (nSPS) is 27.8. The van der Waals surface area contributed by atoms with E-state index < -0.39 is 5.97 Å². The SMILES string of the molecule is C[C@@H](C(=O)O)N1CCC2(CCCCO2)CC1. The molecule has 0 aromatic carbocycles. The number of carbonyl (C=O) groups is 1. The Morgan fingerprint density at radius 3 is 2.50 bits per heavy atom. The number of ether oxygens (including phenoxy) is 1. The highest BCUT2D eigenvalue weighted by molar-refractivity contribution is 5.72. The minimum Gasteiger partial charge on any atom is -0.480 e. The van der Waals surface area contributed by atoms with Gasteiger partial charge in [0.05, 0.1) is 5.60 Å². The Labute approximate surface area is 96.6 Å². The first-order valence-electron chi connectivity index (χ1n) is 6.24. The van der Waals surface area contributed by atoms with Crippen LogP contribution in [0.2, 0.25) is 0 Å². The molecule has 2 aliphatic heterocycles.